The normalized spacial score (nSPS) is 9.87. The van der Waals surface area contributed by atoms with E-state index in [-0.39, 0.29) is 5.75 Å². The van der Waals surface area contributed by atoms with Crippen LogP contribution in [-0.2, 0) is 0 Å². The molecule has 0 atom stereocenters. The van der Waals surface area contributed by atoms with Gasteiger partial charge in [0.1, 0.15) is 11.8 Å². The summed E-state index contributed by atoms with van der Waals surface area (Å²) in [4.78, 5) is 0.959. The van der Waals surface area contributed by atoms with Crippen molar-refractivity contribution in [1.29, 1.82) is 5.26 Å². The Morgan fingerprint density at radius 3 is 2.80 bits per heavy atom. The van der Waals surface area contributed by atoms with Gasteiger partial charge in [0.15, 0.2) is 0 Å². The predicted octanol–water partition coefficient (Wildman–Crippen LogP) is 3.30. The van der Waals surface area contributed by atoms with Crippen molar-refractivity contribution in [2.45, 2.75) is 6.92 Å². The Morgan fingerprint density at radius 2 is 2.13 bits per heavy atom. The van der Waals surface area contributed by atoms with E-state index in [2.05, 4.69) is 6.07 Å². The largest absolute Gasteiger partial charge is 0.508 e. The molecule has 2 rings (SSSR count). The third-order valence-corrected chi connectivity index (χ3v) is 3.21. The maximum absolute atomic E-state index is 9.41. The molecule has 2 nitrogen and oxygen atoms in total. The fraction of sp³-hybridized carbons (Fsp3) is 0.0833. The van der Waals surface area contributed by atoms with E-state index in [9.17, 15) is 5.11 Å². The summed E-state index contributed by atoms with van der Waals surface area (Å²) in [5.74, 6) is 0.286. The van der Waals surface area contributed by atoms with Crippen molar-refractivity contribution in [3.8, 4) is 22.3 Å². The van der Waals surface area contributed by atoms with Gasteiger partial charge in [-0.2, -0.15) is 5.26 Å². The van der Waals surface area contributed by atoms with Crippen LogP contribution in [0.1, 0.15) is 11.1 Å². The van der Waals surface area contributed by atoms with Gasteiger partial charge in [0.25, 0.3) is 0 Å². The molecule has 0 saturated heterocycles. The van der Waals surface area contributed by atoms with Crippen molar-refractivity contribution in [3.63, 3.8) is 0 Å². The van der Waals surface area contributed by atoms with Crippen molar-refractivity contribution in [2.75, 3.05) is 0 Å². The molecule has 1 aromatic carbocycles. The summed E-state index contributed by atoms with van der Waals surface area (Å²) >= 11 is 1.54. The van der Waals surface area contributed by atoms with Gasteiger partial charge in [0.2, 0.25) is 0 Å². The van der Waals surface area contributed by atoms with Crippen molar-refractivity contribution in [2.24, 2.45) is 0 Å². The number of benzene rings is 1. The number of phenols is 1. The van der Waals surface area contributed by atoms with Crippen LogP contribution in [0.15, 0.2) is 29.6 Å². The molecule has 1 heterocycles. The lowest BCUT2D eigenvalue weighted by Crippen LogP contribution is -1.79. The summed E-state index contributed by atoms with van der Waals surface area (Å²) in [5, 5.41) is 20.2. The Kier molecular flexibility index (Phi) is 2.44. The summed E-state index contributed by atoms with van der Waals surface area (Å²) in [7, 11) is 0. The zero-order chi connectivity index (χ0) is 10.8. The molecule has 3 heteroatoms. The number of hydrogen-bond acceptors (Lipinski definition) is 3. The summed E-state index contributed by atoms with van der Waals surface area (Å²) in [6, 6.07) is 9.34. The van der Waals surface area contributed by atoms with Gasteiger partial charge in [-0.25, -0.2) is 0 Å². The molecular formula is C12H9NOS. The predicted molar refractivity (Wildman–Crippen MR) is 60.9 cm³/mol. The number of nitrogens with zero attached hydrogens (tertiary/aromatic N) is 1. The third-order valence-electron chi connectivity index (χ3n) is 2.24. The standard InChI is InChI=1S/C12H9NOS/c1-8-6-9(2-3-11(8)14)12-10(7-13)4-5-15-12/h2-6,14H,1H3. The number of aryl methyl sites for hydroxylation is 1. The van der Waals surface area contributed by atoms with Gasteiger partial charge >= 0.3 is 0 Å². The van der Waals surface area contributed by atoms with E-state index in [0.717, 1.165) is 16.0 Å². The SMILES string of the molecule is Cc1cc(-c2sccc2C#N)ccc1O. The van der Waals surface area contributed by atoms with E-state index >= 15 is 0 Å². The number of rotatable bonds is 1. The number of hydrogen-bond donors (Lipinski definition) is 1. The molecule has 0 radical (unpaired) electrons. The molecule has 0 saturated carbocycles. The van der Waals surface area contributed by atoms with Crippen molar-refractivity contribution in [1.82, 2.24) is 0 Å². The van der Waals surface area contributed by atoms with Gasteiger partial charge in [0, 0.05) is 0 Å². The van der Waals surface area contributed by atoms with E-state index < -0.39 is 0 Å². The van der Waals surface area contributed by atoms with Gasteiger partial charge in [0.05, 0.1) is 10.4 Å². The molecule has 0 spiro atoms. The minimum atomic E-state index is 0.286. The molecule has 74 valence electrons. The van der Waals surface area contributed by atoms with Crippen LogP contribution in [0.3, 0.4) is 0 Å². The molecule has 0 aliphatic carbocycles. The van der Waals surface area contributed by atoms with Crippen LogP contribution in [0.5, 0.6) is 5.75 Å². The minimum Gasteiger partial charge on any atom is -0.508 e. The summed E-state index contributed by atoms with van der Waals surface area (Å²) in [5.41, 5.74) is 2.49. The van der Waals surface area contributed by atoms with E-state index in [1.54, 1.807) is 6.07 Å². The van der Waals surface area contributed by atoms with Gasteiger partial charge < -0.3 is 5.11 Å². The van der Waals surface area contributed by atoms with Crippen LogP contribution >= 0.6 is 11.3 Å². The zero-order valence-electron chi connectivity index (χ0n) is 8.19. The highest BCUT2D eigenvalue weighted by molar-refractivity contribution is 7.13. The highest BCUT2D eigenvalue weighted by atomic mass is 32.1. The molecule has 0 aliphatic rings. The second kappa shape index (κ2) is 3.76. The minimum absolute atomic E-state index is 0.286. The van der Waals surface area contributed by atoms with Gasteiger partial charge in [-0.15, -0.1) is 11.3 Å². The van der Waals surface area contributed by atoms with Crippen LogP contribution in [0.4, 0.5) is 0 Å². The zero-order valence-corrected chi connectivity index (χ0v) is 9.01. The molecule has 0 bridgehead atoms. The number of phenolic OH excluding ortho intramolecular Hbond substituents is 1. The lowest BCUT2D eigenvalue weighted by atomic mass is 10.1. The first-order valence-corrected chi connectivity index (χ1v) is 5.38. The van der Waals surface area contributed by atoms with E-state index in [1.165, 1.54) is 11.3 Å². The fourth-order valence-electron chi connectivity index (χ4n) is 1.42. The Balaban J connectivity index is 2.56. The van der Waals surface area contributed by atoms with Crippen LogP contribution < -0.4 is 0 Å². The molecule has 0 amide bonds. The molecule has 1 aromatic heterocycles. The fourth-order valence-corrected chi connectivity index (χ4v) is 2.26. The lowest BCUT2D eigenvalue weighted by molar-refractivity contribution is 0.471. The molecule has 1 N–H and O–H groups in total. The summed E-state index contributed by atoms with van der Waals surface area (Å²) < 4.78 is 0. The highest BCUT2D eigenvalue weighted by Crippen LogP contribution is 2.31. The first-order chi connectivity index (χ1) is 7.22. The molecule has 0 unspecified atom stereocenters. The maximum atomic E-state index is 9.41. The second-order valence-corrected chi connectivity index (χ2v) is 4.19. The Hall–Kier alpha value is -1.79. The first kappa shape index (κ1) is 9.75. The maximum Gasteiger partial charge on any atom is 0.118 e. The van der Waals surface area contributed by atoms with E-state index in [1.807, 2.05) is 30.5 Å². The monoisotopic (exact) mass is 215 g/mol. The topological polar surface area (TPSA) is 44.0 Å². The highest BCUT2D eigenvalue weighted by Gasteiger charge is 2.07. The lowest BCUT2D eigenvalue weighted by Gasteiger charge is -2.02. The molecule has 0 fully saturated rings. The van der Waals surface area contributed by atoms with Crippen LogP contribution in [0.25, 0.3) is 10.4 Å². The van der Waals surface area contributed by atoms with Gasteiger partial charge in [-0.3, -0.25) is 0 Å². The molecule has 2 aromatic rings. The smallest absolute Gasteiger partial charge is 0.118 e. The Morgan fingerprint density at radius 1 is 1.33 bits per heavy atom. The van der Waals surface area contributed by atoms with Crippen LogP contribution in [-0.4, -0.2) is 5.11 Å². The van der Waals surface area contributed by atoms with Crippen molar-refractivity contribution >= 4 is 11.3 Å². The number of aromatic hydroxyl groups is 1. The quantitative estimate of drug-likeness (QED) is 0.793. The van der Waals surface area contributed by atoms with Gasteiger partial charge in [-0.05, 0) is 47.7 Å². The summed E-state index contributed by atoms with van der Waals surface area (Å²) in [6.07, 6.45) is 0. The van der Waals surface area contributed by atoms with E-state index in [0.29, 0.717) is 5.56 Å². The van der Waals surface area contributed by atoms with Crippen LogP contribution in [0.2, 0.25) is 0 Å². The number of nitriles is 1. The number of thiophene rings is 1. The summed E-state index contributed by atoms with van der Waals surface area (Å²) in [6.45, 7) is 1.85. The average molecular weight is 215 g/mol. The Bertz CT molecular complexity index is 537. The van der Waals surface area contributed by atoms with Crippen molar-refractivity contribution < 1.29 is 5.11 Å². The van der Waals surface area contributed by atoms with Crippen molar-refractivity contribution in [3.05, 3.63) is 40.8 Å². The molecular weight excluding hydrogens is 206 g/mol. The third kappa shape index (κ3) is 1.72. The van der Waals surface area contributed by atoms with E-state index in [4.69, 9.17) is 5.26 Å². The Labute approximate surface area is 92.0 Å². The first-order valence-electron chi connectivity index (χ1n) is 4.50. The van der Waals surface area contributed by atoms with Gasteiger partial charge in [-0.1, -0.05) is 0 Å². The average Bonchev–Trinajstić information content (AvgIpc) is 2.70. The van der Waals surface area contributed by atoms with Crippen LogP contribution in [0, 0.1) is 18.3 Å². The molecule has 0 aliphatic heterocycles. The molecule has 15 heavy (non-hydrogen) atoms. The second-order valence-electron chi connectivity index (χ2n) is 3.28.